The maximum Gasteiger partial charge on any atom is 0.314 e. The third kappa shape index (κ3) is 4.74. The van der Waals surface area contributed by atoms with Gasteiger partial charge in [-0.05, 0) is 37.9 Å². The topological polar surface area (TPSA) is 67.6 Å². The van der Waals surface area contributed by atoms with Gasteiger partial charge in [-0.25, -0.2) is 4.79 Å². The van der Waals surface area contributed by atoms with E-state index in [1.165, 1.54) is 0 Å². The number of amides is 2. The fourth-order valence-corrected chi connectivity index (χ4v) is 2.39. The van der Waals surface area contributed by atoms with E-state index in [-0.39, 0.29) is 6.03 Å². The summed E-state index contributed by atoms with van der Waals surface area (Å²) in [4.78, 5) is 12.7. The number of nitrogens with two attached hydrogens (primary N) is 1. The van der Waals surface area contributed by atoms with Gasteiger partial charge < -0.3 is 20.7 Å². The second-order valence-electron chi connectivity index (χ2n) is 5.07. The van der Waals surface area contributed by atoms with Crippen molar-refractivity contribution in [3.8, 4) is 5.75 Å². The van der Waals surface area contributed by atoms with E-state index in [2.05, 4.69) is 5.32 Å². The number of likely N-dealkylation sites (tertiary alicyclic amines) is 1. The number of piperidine rings is 1. The Balaban J connectivity index is 1.53. The molecule has 0 atom stereocenters. The van der Waals surface area contributed by atoms with E-state index in [4.69, 9.17) is 10.5 Å². The number of benzene rings is 1. The van der Waals surface area contributed by atoms with E-state index in [1.807, 2.05) is 30.3 Å². The van der Waals surface area contributed by atoms with Crippen LogP contribution in [0.1, 0.15) is 19.3 Å². The largest absolute Gasteiger partial charge is 0.494 e. The lowest BCUT2D eigenvalue weighted by Gasteiger charge is -2.31. The first-order valence-electron chi connectivity index (χ1n) is 7.21. The minimum Gasteiger partial charge on any atom is -0.494 e. The van der Waals surface area contributed by atoms with Crippen molar-refractivity contribution in [2.75, 3.05) is 26.2 Å². The minimum atomic E-state index is -0.306. The van der Waals surface area contributed by atoms with Crippen molar-refractivity contribution < 1.29 is 9.53 Å². The summed E-state index contributed by atoms with van der Waals surface area (Å²) in [7, 11) is 0. The van der Waals surface area contributed by atoms with Gasteiger partial charge in [-0.3, -0.25) is 0 Å². The van der Waals surface area contributed by atoms with Gasteiger partial charge in [-0.15, -0.1) is 0 Å². The molecule has 0 aliphatic carbocycles. The molecule has 110 valence electrons. The molecule has 1 fully saturated rings. The summed E-state index contributed by atoms with van der Waals surface area (Å²) in [6, 6.07) is 10.0. The number of nitrogens with zero attached hydrogens (tertiary/aromatic N) is 1. The van der Waals surface area contributed by atoms with Crippen molar-refractivity contribution >= 4 is 6.03 Å². The molecule has 2 rings (SSSR count). The average molecular weight is 277 g/mol. The third-order valence-electron chi connectivity index (χ3n) is 3.57. The van der Waals surface area contributed by atoms with E-state index in [1.54, 1.807) is 4.90 Å². The number of nitrogens with one attached hydrogen (secondary N) is 1. The zero-order valence-electron chi connectivity index (χ0n) is 11.8. The van der Waals surface area contributed by atoms with Crippen LogP contribution in [0.15, 0.2) is 30.3 Å². The van der Waals surface area contributed by atoms with Gasteiger partial charge in [0.05, 0.1) is 6.61 Å². The zero-order chi connectivity index (χ0) is 14.2. The molecule has 1 aromatic carbocycles. The summed E-state index contributed by atoms with van der Waals surface area (Å²) < 4.78 is 5.63. The molecule has 20 heavy (non-hydrogen) atoms. The summed E-state index contributed by atoms with van der Waals surface area (Å²) in [5.74, 6) is 0.919. The highest BCUT2D eigenvalue weighted by atomic mass is 16.5. The predicted molar refractivity (Wildman–Crippen MR) is 78.7 cm³/mol. The van der Waals surface area contributed by atoms with Crippen LogP contribution in [0.2, 0.25) is 0 Å². The monoisotopic (exact) mass is 277 g/mol. The van der Waals surface area contributed by atoms with Gasteiger partial charge in [0.1, 0.15) is 5.75 Å². The second kappa shape index (κ2) is 7.75. The number of carbonyl (C=O) groups is 1. The minimum absolute atomic E-state index is 0.306. The van der Waals surface area contributed by atoms with Crippen molar-refractivity contribution in [1.29, 1.82) is 0 Å². The summed E-state index contributed by atoms with van der Waals surface area (Å²) >= 11 is 0. The Hall–Kier alpha value is -1.75. The van der Waals surface area contributed by atoms with Crippen LogP contribution in [0.4, 0.5) is 4.79 Å². The number of carbonyl (C=O) groups excluding carboxylic acids is 1. The molecule has 0 saturated carbocycles. The van der Waals surface area contributed by atoms with Crippen LogP contribution in [0, 0.1) is 0 Å². The lowest BCUT2D eigenvalue weighted by Crippen LogP contribution is -2.47. The molecule has 1 aliphatic rings. The van der Waals surface area contributed by atoms with E-state index in [0.29, 0.717) is 6.04 Å². The molecule has 1 saturated heterocycles. The molecule has 2 amide bonds. The first-order chi connectivity index (χ1) is 9.75. The molecule has 5 heteroatoms. The molecule has 1 aromatic rings. The number of urea groups is 1. The fraction of sp³-hybridized carbons (Fsp3) is 0.533. The van der Waals surface area contributed by atoms with Crippen molar-refractivity contribution in [3.05, 3.63) is 30.3 Å². The third-order valence-corrected chi connectivity index (χ3v) is 3.57. The normalized spacial score (nSPS) is 16.1. The average Bonchev–Trinajstić information content (AvgIpc) is 2.48. The van der Waals surface area contributed by atoms with Crippen molar-refractivity contribution in [2.45, 2.75) is 25.3 Å². The summed E-state index contributed by atoms with van der Waals surface area (Å²) in [5, 5.41) is 3.51. The Morgan fingerprint density at radius 3 is 2.65 bits per heavy atom. The Morgan fingerprint density at radius 1 is 1.30 bits per heavy atom. The van der Waals surface area contributed by atoms with Gasteiger partial charge in [0.2, 0.25) is 0 Å². The zero-order valence-corrected chi connectivity index (χ0v) is 11.8. The lowest BCUT2D eigenvalue weighted by molar-refractivity contribution is 0.184. The number of para-hydroxylation sites is 1. The van der Waals surface area contributed by atoms with Crippen LogP contribution in [0.3, 0.4) is 0 Å². The highest BCUT2D eigenvalue weighted by Crippen LogP contribution is 2.10. The second-order valence-corrected chi connectivity index (χ2v) is 5.07. The van der Waals surface area contributed by atoms with Crippen LogP contribution in [-0.2, 0) is 0 Å². The van der Waals surface area contributed by atoms with Crippen LogP contribution in [0.25, 0.3) is 0 Å². The quantitative estimate of drug-likeness (QED) is 0.776. The van der Waals surface area contributed by atoms with Crippen molar-refractivity contribution in [2.24, 2.45) is 5.73 Å². The van der Waals surface area contributed by atoms with Crippen molar-refractivity contribution in [1.82, 2.24) is 10.2 Å². The first-order valence-corrected chi connectivity index (χ1v) is 7.21. The Labute approximate surface area is 120 Å². The molecule has 1 heterocycles. The fourth-order valence-electron chi connectivity index (χ4n) is 2.39. The standard InChI is InChI=1S/C15H23N3O2/c16-15(19)18-10-7-13(8-11-18)17-9-4-12-20-14-5-2-1-3-6-14/h1-3,5-6,13,17H,4,7-12H2,(H2,16,19). The molecule has 0 radical (unpaired) electrons. The van der Waals surface area contributed by atoms with E-state index in [0.717, 1.165) is 51.3 Å². The molecule has 0 unspecified atom stereocenters. The van der Waals surface area contributed by atoms with Crippen LogP contribution in [0.5, 0.6) is 5.75 Å². The van der Waals surface area contributed by atoms with Gasteiger partial charge in [0, 0.05) is 19.1 Å². The Morgan fingerprint density at radius 2 is 2.00 bits per heavy atom. The molecule has 5 nitrogen and oxygen atoms in total. The molecule has 0 bridgehead atoms. The number of rotatable bonds is 6. The van der Waals surface area contributed by atoms with Gasteiger partial charge in [-0.1, -0.05) is 18.2 Å². The maximum atomic E-state index is 11.0. The molecule has 1 aliphatic heterocycles. The molecule has 0 spiro atoms. The summed E-state index contributed by atoms with van der Waals surface area (Å²) in [6.07, 6.45) is 2.93. The van der Waals surface area contributed by atoms with Crippen LogP contribution in [-0.4, -0.2) is 43.2 Å². The van der Waals surface area contributed by atoms with Gasteiger partial charge in [0.15, 0.2) is 0 Å². The van der Waals surface area contributed by atoms with E-state index >= 15 is 0 Å². The van der Waals surface area contributed by atoms with Crippen LogP contribution >= 0.6 is 0 Å². The van der Waals surface area contributed by atoms with Crippen LogP contribution < -0.4 is 15.8 Å². The van der Waals surface area contributed by atoms with Gasteiger partial charge >= 0.3 is 6.03 Å². The molecular formula is C15H23N3O2. The smallest absolute Gasteiger partial charge is 0.314 e. The summed E-state index contributed by atoms with van der Waals surface area (Å²) in [6.45, 7) is 3.17. The molecule has 3 N–H and O–H groups in total. The van der Waals surface area contributed by atoms with E-state index < -0.39 is 0 Å². The van der Waals surface area contributed by atoms with Crippen molar-refractivity contribution in [3.63, 3.8) is 0 Å². The number of ether oxygens (including phenoxy) is 1. The highest BCUT2D eigenvalue weighted by Gasteiger charge is 2.20. The van der Waals surface area contributed by atoms with E-state index in [9.17, 15) is 4.79 Å². The lowest BCUT2D eigenvalue weighted by atomic mass is 10.1. The highest BCUT2D eigenvalue weighted by molar-refractivity contribution is 5.72. The number of hydrogen-bond acceptors (Lipinski definition) is 3. The SMILES string of the molecule is NC(=O)N1CCC(NCCCOc2ccccc2)CC1. The predicted octanol–water partition coefficient (Wildman–Crippen LogP) is 1.59. The Kier molecular flexibility index (Phi) is 5.68. The number of primary amides is 1. The van der Waals surface area contributed by atoms with Gasteiger partial charge in [-0.2, -0.15) is 0 Å². The summed E-state index contributed by atoms with van der Waals surface area (Å²) in [5.41, 5.74) is 5.26. The first kappa shape index (κ1) is 14.7. The Bertz CT molecular complexity index is 403. The van der Waals surface area contributed by atoms with Gasteiger partial charge in [0.25, 0.3) is 0 Å². The maximum absolute atomic E-state index is 11.0. The molecular weight excluding hydrogens is 254 g/mol. The number of hydrogen-bond donors (Lipinski definition) is 2. The molecule has 0 aromatic heterocycles.